The minimum absolute atomic E-state index is 0.390. The monoisotopic (exact) mass is 262 g/mol. The molecule has 0 unspecified atom stereocenters. The Labute approximate surface area is 91.9 Å². The second-order valence-electron chi connectivity index (χ2n) is 4.21. The summed E-state index contributed by atoms with van der Waals surface area (Å²) in [6.07, 6.45) is 2.98. The predicted molar refractivity (Wildman–Crippen MR) is 62.4 cm³/mol. The topological polar surface area (TPSA) is 24.9 Å². The lowest BCUT2D eigenvalue weighted by molar-refractivity contribution is 0.390. The van der Waals surface area contributed by atoms with Crippen molar-refractivity contribution in [1.82, 2.24) is 4.98 Å². The van der Waals surface area contributed by atoms with Gasteiger partial charge in [0.1, 0.15) is 0 Å². The molecule has 1 N–H and O–H groups in total. The predicted octanol–water partition coefficient (Wildman–Crippen LogP) is 3.75. The Morgan fingerprint density at radius 3 is 2.69 bits per heavy atom. The zero-order chi connectivity index (χ0) is 9.90. The molecule has 1 rings (SSSR count). The highest BCUT2D eigenvalue weighted by Crippen LogP contribution is 2.24. The number of rotatable bonds is 3. The molecule has 0 atom stereocenters. The first-order chi connectivity index (χ1) is 5.97. The van der Waals surface area contributed by atoms with Gasteiger partial charge >= 0.3 is 0 Å². The quantitative estimate of drug-likeness (QED) is 0.898. The van der Waals surface area contributed by atoms with Crippen LogP contribution in [0.3, 0.4) is 0 Å². The maximum Gasteiger partial charge on any atom is 0.183 e. The van der Waals surface area contributed by atoms with Crippen LogP contribution >= 0.6 is 27.3 Å². The molecule has 0 aromatic carbocycles. The maximum absolute atomic E-state index is 4.20. The van der Waals surface area contributed by atoms with Gasteiger partial charge in [-0.2, -0.15) is 0 Å². The summed E-state index contributed by atoms with van der Waals surface area (Å²) < 4.78 is 1.07. The molecule has 0 aliphatic rings. The first-order valence-electron chi connectivity index (χ1n) is 4.32. The molecule has 0 aliphatic carbocycles. The fraction of sp³-hybridized carbons (Fsp3) is 0.667. The van der Waals surface area contributed by atoms with Crippen LogP contribution in [0.15, 0.2) is 9.98 Å². The highest BCUT2D eigenvalue weighted by atomic mass is 79.9. The highest BCUT2D eigenvalue weighted by molar-refractivity contribution is 9.11. The molecule has 0 fully saturated rings. The summed E-state index contributed by atoms with van der Waals surface area (Å²) in [6, 6.07) is 0. The summed E-state index contributed by atoms with van der Waals surface area (Å²) in [5.74, 6) is 0. The van der Waals surface area contributed by atoms with Crippen LogP contribution in [0.2, 0.25) is 0 Å². The summed E-state index contributed by atoms with van der Waals surface area (Å²) in [4.78, 5) is 4.20. The molecule has 1 heterocycles. The molecule has 0 bridgehead atoms. The van der Waals surface area contributed by atoms with Crippen molar-refractivity contribution in [3.05, 3.63) is 9.98 Å². The van der Waals surface area contributed by atoms with E-state index < -0.39 is 0 Å². The van der Waals surface area contributed by atoms with Gasteiger partial charge in [0.05, 0.1) is 9.98 Å². The first kappa shape index (κ1) is 11.0. The van der Waals surface area contributed by atoms with E-state index in [0.29, 0.717) is 5.41 Å². The molecule has 4 heteroatoms. The van der Waals surface area contributed by atoms with Crippen LogP contribution in [0.25, 0.3) is 0 Å². The van der Waals surface area contributed by atoms with E-state index in [1.807, 2.05) is 6.20 Å². The summed E-state index contributed by atoms with van der Waals surface area (Å²) in [5.41, 5.74) is 0.390. The van der Waals surface area contributed by atoms with Gasteiger partial charge in [-0.15, -0.1) is 0 Å². The smallest absolute Gasteiger partial charge is 0.183 e. The fourth-order valence-corrected chi connectivity index (χ4v) is 2.01. The molecule has 0 amide bonds. The van der Waals surface area contributed by atoms with Gasteiger partial charge in [0.25, 0.3) is 0 Å². The third-order valence-electron chi connectivity index (χ3n) is 1.63. The van der Waals surface area contributed by atoms with Crippen LogP contribution < -0.4 is 5.32 Å². The van der Waals surface area contributed by atoms with Gasteiger partial charge < -0.3 is 5.32 Å². The van der Waals surface area contributed by atoms with E-state index in [1.54, 1.807) is 11.3 Å². The van der Waals surface area contributed by atoms with Crippen LogP contribution in [0, 0.1) is 5.41 Å². The molecular weight excluding hydrogens is 248 g/mol. The van der Waals surface area contributed by atoms with E-state index >= 15 is 0 Å². The second-order valence-corrected chi connectivity index (χ2v) is 6.62. The summed E-state index contributed by atoms with van der Waals surface area (Å²) in [5, 5.41) is 4.30. The third-order valence-corrected chi connectivity index (χ3v) is 3.06. The lowest BCUT2D eigenvalue weighted by atomic mass is 9.92. The minimum atomic E-state index is 0.390. The second kappa shape index (κ2) is 4.42. The maximum atomic E-state index is 4.20. The molecule has 0 radical (unpaired) electrons. The van der Waals surface area contributed by atoms with Gasteiger partial charge in [-0.25, -0.2) is 4.98 Å². The molecule has 2 nitrogen and oxygen atoms in total. The molecule has 0 saturated heterocycles. The molecule has 74 valence electrons. The number of halogens is 1. The molecule has 0 spiro atoms. The Hall–Kier alpha value is -0.0900. The summed E-state index contributed by atoms with van der Waals surface area (Å²) >= 11 is 5.01. The van der Waals surface area contributed by atoms with Crippen LogP contribution in [0.5, 0.6) is 0 Å². The Morgan fingerprint density at radius 1 is 1.54 bits per heavy atom. The molecule has 0 aliphatic heterocycles. The molecule has 1 aromatic heterocycles. The minimum Gasteiger partial charge on any atom is -0.361 e. The van der Waals surface area contributed by atoms with Gasteiger partial charge in [0, 0.05) is 6.54 Å². The van der Waals surface area contributed by atoms with Crippen LogP contribution in [-0.2, 0) is 0 Å². The van der Waals surface area contributed by atoms with Crippen LogP contribution in [-0.4, -0.2) is 11.5 Å². The van der Waals surface area contributed by atoms with Crippen molar-refractivity contribution in [2.45, 2.75) is 27.2 Å². The van der Waals surface area contributed by atoms with Crippen molar-refractivity contribution in [1.29, 1.82) is 0 Å². The van der Waals surface area contributed by atoms with Crippen molar-refractivity contribution < 1.29 is 0 Å². The lowest BCUT2D eigenvalue weighted by Gasteiger charge is -2.17. The van der Waals surface area contributed by atoms with Crippen LogP contribution in [0.4, 0.5) is 5.13 Å². The average molecular weight is 263 g/mol. The molecular formula is C9H15BrN2S. The van der Waals surface area contributed by atoms with E-state index in [-0.39, 0.29) is 0 Å². The fourth-order valence-electron chi connectivity index (χ4n) is 0.881. The first-order valence-corrected chi connectivity index (χ1v) is 5.93. The van der Waals surface area contributed by atoms with Crippen molar-refractivity contribution in [2.24, 2.45) is 5.41 Å². The number of hydrogen-bond donors (Lipinski definition) is 1. The lowest BCUT2D eigenvalue weighted by Crippen LogP contribution is -2.12. The number of thiazole rings is 1. The van der Waals surface area contributed by atoms with Gasteiger partial charge in [-0.1, -0.05) is 32.1 Å². The largest absolute Gasteiger partial charge is 0.361 e. The van der Waals surface area contributed by atoms with Crippen LogP contribution in [0.1, 0.15) is 27.2 Å². The van der Waals surface area contributed by atoms with E-state index in [2.05, 4.69) is 47.0 Å². The zero-order valence-corrected chi connectivity index (χ0v) is 10.6. The number of nitrogens with one attached hydrogen (secondary N) is 1. The standard InChI is InChI=1S/C9H15BrN2S/c1-9(2,3)4-5-11-8-12-6-7(10)13-8/h6H,4-5H2,1-3H3,(H,11,12). The molecule has 1 aromatic rings. The normalized spacial score (nSPS) is 11.7. The van der Waals surface area contributed by atoms with E-state index in [1.165, 1.54) is 0 Å². The summed E-state index contributed by atoms with van der Waals surface area (Å²) in [6.45, 7) is 7.72. The van der Waals surface area contributed by atoms with E-state index in [9.17, 15) is 0 Å². The van der Waals surface area contributed by atoms with Gasteiger partial charge in [0.15, 0.2) is 5.13 Å². The van der Waals surface area contributed by atoms with Gasteiger partial charge in [-0.05, 0) is 27.8 Å². The Bertz CT molecular complexity index is 265. The van der Waals surface area contributed by atoms with Gasteiger partial charge in [-0.3, -0.25) is 0 Å². The van der Waals surface area contributed by atoms with Crippen molar-refractivity contribution in [3.63, 3.8) is 0 Å². The SMILES string of the molecule is CC(C)(C)CCNc1ncc(Br)s1. The van der Waals surface area contributed by atoms with Crippen molar-refractivity contribution >= 4 is 32.4 Å². The van der Waals surface area contributed by atoms with E-state index in [4.69, 9.17) is 0 Å². The Balaban J connectivity index is 2.28. The number of nitrogens with zero attached hydrogens (tertiary/aromatic N) is 1. The van der Waals surface area contributed by atoms with Crippen molar-refractivity contribution in [2.75, 3.05) is 11.9 Å². The molecule has 13 heavy (non-hydrogen) atoms. The average Bonchev–Trinajstić information content (AvgIpc) is 2.33. The van der Waals surface area contributed by atoms with Crippen molar-refractivity contribution in [3.8, 4) is 0 Å². The Kier molecular flexibility index (Phi) is 3.74. The van der Waals surface area contributed by atoms with E-state index in [0.717, 1.165) is 21.9 Å². The zero-order valence-electron chi connectivity index (χ0n) is 8.22. The highest BCUT2D eigenvalue weighted by Gasteiger charge is 2.09. The summed E-state index contributed by atoms with van der Waals surface area (Å²) in [7, 11) is 0. The number of hydrogen-bond acceptors (Lipinski definition) is 3. The number of anilines is 1. The Morgan fingerprint density at radius 2 is 2.23 bits per heavy atom. The van der Waals surface area contributed by atoms with Gasteiger partial charge in [0.2, 0.25) is 0 Å². The number of aromatic nitrogens is 1. The third kappa shape index (κ3) is 4.62. The molecule has 0 saturated carbocycles.